The molecule has 0 aromatic heterocycles. The summed E-state index contributed by atoms with van der Waals surface area (Å²) in [4.78, 5) is 0. The van der Waals surface area contributed by atoms with E-state index in [1.165, 1.54) is 57.4 Å². The molecule has 0 heterocycles. The minimum Gasteiger partial charge on any atom is -0.316 e. The number of hydrogen-bond acceptors (Lipinski definition) is 2. The van der Waals surface area contributed by atoms with Gasteiger partial charge in [-0.1, -0.05) is 46.5 Å². The average Bonchev–Trinajstić information content (AvgIpc) is 2.24. The van der Waals surface area contributed by atoms with Crippen LogP contribution in [0.4, 0.5) is 0 Å². The van der Waals surface area contributed by atoms with Crippen LogP contribution in [0.2, 0.25) is 0 Å². The van der Waals surface area contributed by atoms with Crippen LogP contribution < -0.4 is 5.32 Å². The van der Waals surface area contributed by atoms with Gasteiger partial charge >= 0.3 is 0 Å². The monoisotopic (exact) mass is 231 g/mol. The summed E-state index contributed by atoms with van der Waals surface area (Å²) in [5.41, 5.74) is 0. The first-order chi connectivity index (χ1) is 7.31. The third-order valence-electron chi connectivity index (χ3n) is 2.54. The molecule has 1 atom stereocenters. The molecule has 1 N–H and O–H groups in total. The molecule has 0 radical (unpaired) electrons. The molecule has 0 aliphatic rings. The molecular formula is C13H29NS. The second kappa shape index (κ2) is 12.4. The van der Waals surface area contributed by atoms with Gasteiger partial charge in [0.15, 0.2) is 0 Å². The lowest BCUT2D eigenvalue weighted by Gasteiger charge is -2.12. The van der Waals surface area contributed by atoms with Crippen molar-refractivity contribution in [1.82, 2.24) is 5.32 Å². The third-order valence-corrected chi connectivity index (χ3v) is 3.80. The van der Waals surface area contributed by atoms with Crippen LogP contribution in [0.1, 0.15) is 59.3 Å². The van der Waals surface area contributed by atoms with E-state index in [1.807, 2.05) is 0 Å². The fourth-order valence-electron chi connectivity index (χ4n) is 1.50. The molecule has 0 amide bonds. The largest absolute Gasteiger partial charge is 0.316 e. The first-order valence-corrected chi connectivity index (χ1v) is 7.68. The molecule has 2 heteroatoms. The summed E-state index contributed by atoms with van der Waals surface area (Å²) in [6, 6.07) is 0. The molecule has 1 unspecified atom stereocenters. The second-order valence-electron chi connectivity index (χ2n) is 4.30. The highest BCUT2D eigenvalue weighted by atomic mass is 32.2. The molecular weight excluding hydrogens is 202 g/mol. The Balaban J connectivity index is 3.08. The van der Waals surface area contributed by atoms with Crippen LogP contribution in [0.3, 0.4) is 0 Å². The SMILES string of the molecule is CCCCCNCC(C)SCCCCC. The molecule has 1 nitrogen and oxygen atoms in total. The fourth-order valence-corrected chi connectivity index (χ4v) is 2.51. The highest BCUT2D eigenvalue weighted by molar-refractivity contribution is 7.99. The molecule has 0 aliphatic heterocycles. The van der Waals surface area contributed by atoms with Gasteiger partial charge in [-0.2, -0.15) is 11.8 Å². The van der Waals surface area contributed by atoms with E-state index in [0.29, 0.717) is 0 Å². The minimum atomic E-state index is 0.781. The normalized spacial score (nSPS) is 13.0. The Labute approximate surface area is 101 Å². The molecule has 0 saturated carbocycles. The van der Waals surface area contributed by atoms with Gasteiger partial charge in [0.2, 0.25) is 0 Å². The van der Waals surface area contributed by atoms with Gasteiger partial charge in [0.25, 0.3) is 0 Å². The van der Waals surface area contributed by atoms with Gasteiger partial charge in [-0.3, -0.25) is 0 Å². The topological polar surface area (TPSA) is 12.0 Å². The van der Waals surface area contributed by atoms with Crippen LogP contribution in [0.5, 0.6) is 0 Å². The Hall–Kier alpha value is 0.310. The summed E-state index contributed by atoms with van der Waals surface area (Å²) in [5, 5.41) is 4.32. The lowest BCUT2D eigenvalue weighted by Crippen LogP contribution is -2.23. The Morgan fingerprint density at radius 3 is 2.33 bits per heavy atom. The second-order valence-corrected chi connectivity index (χ2v) is 5.85. The molecule has 0 spiro atoms. The van der Waals surface area contributed by atoms with Crippen molar-refractivity contribution in [1.29, 1.82) is 0 Å². The molecule has 0 aliphatic carbocycles. The zero-order chi connectivity index (χ0) is 11.4. The van der Waals surface area contributed by atoms with Crippen molar-refractivity contribution in [2.45, 2.75) is 64.5 Å². The van der Waals surface area contributed by atoms with Crippen molar-refractivity contribution in [3.8, 4) is 0 Å². The number of unbranched alkanes of at least 4 members (excludes halogenated alkanes) is 4. The fraction of sp³-hybridized carbons (Fsp3) is 1.00. The van der Waals surface area contributed by atoms with Crippen molar-refractivity contribution < 1.29 is 0 Å². The quantitative estimate of drug-likeness (QED) is 0.538. The van der Waals surface area contributed by atoms with Crippen molar-refractivity contribution in [3.05, 3.63) is 0 Å². The number of rotatable bonds is 11. The average molecular weight is 231 g/mol. The summed E-state index contributed by atoms with van der Waals surface area (Å²) in [6.45, 7) is 9.24. The predicted molar refractivity (Wildman–Crippen MR) is 73.8 cm³/mol. The molecule has 0 rings (SSSR count). The van der Waals surface area contributed by atoms with Crippen LogP contribution in [-0.4, -0.2) is 24.1 Å². The maximum atomic E-state index is 3.54. The van der Waals surface area contributed by atoms with Crippen LogP contribution in [0.15, 0.2) is 0 Å². The van der Waals surface area contributed by atoms with E-state index < -0.39 is 0 Å². The molecule has 92 valence electrons. The minimum absolute atomic E-state index is 0.781. The molecule has 0 aromatic carbocycles. The van der Waals surface area contributed by atoms with Crippen molar-refractivity contribution >= 4 is 11.8 Å². The van der Waals surface area contributed by atoms with E-state index in [1.54, 1.807) is 0 Å². The van der Waals surface area contributed by atoms with Gasteiger partial charge < -0.3 is 5.32 Å². The lowest BCUT2D eigenvalue weighted by atomic mass is 10.2. The van der Waals surface area contributed by atoms with Crippen molar-refractivity contribution in [2.75, 3.05) is 18.8 Å². The van der Waals surface area contributed by atoms with E-state index in [4.69, 9.17) is 0 Å². The van der Waals surface area contributed by atoms with E-state index in [0.717, 1.165) is 5.25 Å². The van der Waals surface area contributed by atoms with Gasteiger partial charge in [0.1, 0.15) is 0 Å². The van der Waals surface area contributed by atoms with Gasteiger partial charge in [-0.25, -0.2) is 0 Å². The summed E-state index contributed by atoms with van der Waals surface area (Å²) in [6.07, 6.45) is 8.15. The highest BCUT2D eigenvalue weighted by Crippen LogP contribution is 2.12. The van der Waals surface area contributed by atoms with E-state index >= 15 is 0 Å². The summed E-state index contributed by atoms with van der Waals surface area (Å²) in [7, 11) is 0. The lowest BCUT2D eigenvalue weighted by molar-refractivity contribution is 0.615. The maximum Gasteiger partial charge on any atom is 0.0144 e. The van der Waals surface area contributed by atoms with Gasteiger partial charge in [-0.05, 0) is 25.1 Å². The number of hydrogen-bond donors (Lipinski definition) is 1. The number of thioether (sulfide) groups is 1. The van der Waals surface area contributed by atoms with Gasteiger partial charge in [0, 0.05) is 11.8 Å². The molecule has 0 fully saturated rings. The van der Waals surface area contributed by atoms with Crippen LogP contribution in [0.25, 0.3) is 0 Å². The Kier molecular flexibility index (Phi) is 12.6. The standard InChI is InChI=1S/C13H29NS/c1-4-6-8-10-14-12-13(3)15-11-9-7-5-2/h13-14H,4-12H2,1-3H3. The van der Waals surface area contributed by atoms with Crippen LogP contribution >= 0.6 is 11.8 Å². The summed E-state index contributed by atoms with van der Waals surface area (Å²) < 4.78 is 0. The van der Waals surface area contributed by atoms with Gasteiger partial charge in [0.05, 0.1) is 0 Å². The Morgan fingerprint density at radius 2 is 1.67 bits per heavy atom. The molecule has 0 saturated heterocycles. The smallest absolute Gasteiger partial charge is 0.0144 e. The van der Waals surface area contributed by atoms with Crippen molar-refractivity contribution in [3.63, 3.8) is 0 Å². The summed E-state index contributed by atoms with van der Waals surface area (Å²) >= 11 is 2.12. The van der Waals surface area contributed by atoms with Gasteiger partial charge in [-0.15, -0.1) is 0 Å². The van der Waals surface area contributed by atoms with E-state index in [9.17, 15) is 0 Å². The van der Waals surface area contributed by atoms with E-state index in [-0.39, 0.29) is 0 Å². The zero-order valence-corrected chi connectivity index (χ0v) is 11.7. The van der Waals surface area contributed by atoms with Crippen molar-refractivity contribution in [2.24, 2.45) is 0 Å². The zero-order valence-electron chi connectivity index (χ0n) is 10.8. The summed E-state index contributed by atoms with van der Waals surface area (Å²) in [5.74, 6) is 1.34. The maximum absolute atomic E-state index is 3.54. The first-order valence-electron chi connectivity index (χ1n) is 6.63. The number of nitrogens with one attached hydrogen (secondary N) is 1. The molecule has 15 heavy (non-hydrogen) atoms. The molecule has 0 bridgehead atoms. The Morgan fingerprint density at radius 1 is 1.00 bits per heavy atom. The van der Waals surface area contributed by atoms with Crippen LogP contribution in [-0.2, 0) is 0 Å². The molecule has 0 aromatic rings. The first kappa shape index (κ1) is 15.3. The predicted octanol–water partition coefficient (Wildman–Crippen LogP) is 4.08. The van der Waals surface area contributed by atoms with E-state index in [2.05, 4.69) is 37.8 Å². The highest BCUT2D eigenvalue weighted by Gasteiger charge is 2.00. The Bertz CT molecular complexity index is 117. The third kappa shape index (κ3) is 12.2. The van der Waals surface area contributed by atoms with Crippen LogP contribution in [0, 0.1) is 0 Å².